The van der Waals surface area contributed by atoms with E-state index in [1.807, 2.05) is 0 Å². The minimum Gasteiger partial charge on any atom is -0.0649 e. The summed E-state index contributed by atoms with van der Waals surface area (Å²) >= 11 is 0. The highest BCUT2D eigenvalue weighted by molar-refractivity contribution is 4.75. The van der Waals surface area contributed by atoms with Gasteiger partial charge in [0.1, 0.15) is 0 Å². The zero-order chi connectivity index (χ0) is 9.12. The molecule has 0 saturated carbocycles. The average molecular weight is 155 g/mol. The summed E-state index contributed by atoms with van der Waals surface area (Å²) in [4.78, 5) is 0. The lowest BCUT2D eigenvalue weighted by atomic mass is 9.79. The Morgan fingerprint density at radius 3 is 1.73 bits per heavy atom. The summed E-state index contributed by atoms with van der Waals surface area (Å²) in [6.45, 7) is 15.4. The van der Waals surface area contributed by atoms with Crippen LogP contribution in [0, 0.1) is 17.8 Å². The molecule has 0 unspecified atom stereocenters. The van der Waals surface area contributed by atoms with E-state index in [-0.39, 0.29) is 5.41 Å². The van der Waals surface area contributed by atoms with Crippen LogP contribution < -0.4 is 0 Å². The first-order valence-corrected chi connectivity index (χ1v) is 4.62. The van der Waals surface area contributed by atoms with Gasteiger partial charge < -0.3 is 0 Å². The minimum atomic E-state index is 0.256. The van der Waals surface area contributed by atoms with Crippen LogP contribution in [0.3, 0.4) is 0 Å². The van der Waals surface area contributed by atoms with Crippen LogP contribution in [0.4, 0.5) is 0 Å². The molecule has 0 aromatic rings. The predicted octanol–water partition coefficient (Wildman–Crippen LogP) is 4.06. The number of hydrogen-bond acceptors (Lipinski definition) is 0. The van der Waals surface area contributed by atoms with Crippen LogP contribution in [0.1, 0.15) is 53.9 Å². The smallest absolute Gasteiger partial charge is 0.0354 e. The molecule has 0 aliphatic carbocycles. The van der Waals surface area contributed by atoms with Gasteiger partial charge in [0.2, 0.25) is 0 Å². The molecule has 0 heterocycles. The Morgan fingerprint density at radius 1 is 1.00 bits per heavy atom. The molecule has 0 N–H and O–H groups in total. The van der Waals surface area contributed by atoms with Gasteiger partial charge in [-0.15, -0.1) is 0 Å². The van der Waals surface area contributed by atoms with Gasteiger partial charge in [-0.3, -0.25) is 0 Å². The molecular weight excluding hydrogens is 132 g/mol. The van der Waals surface area contributed by atoms with E-state index in [2.05, 4.69) is 41.5 Å². The Morgan fingerprint density at radius 2 is 1.45 bits per heavy atom. The van der Waals surface area contributed by atoms with Crippen LogP contribution in [-0.2, 0) is 0 Å². The van der Waals surface area contributed by atoms with Crippen LogP contribution in [0.15, 0.2) is 0 Å². The monoisotopic (exact) mass is 155 g/mol. The summed E-state index contributed by atoms with van der Waals surface area (Å²) in [6.07, 6.45) is 3.79. The molecule has 0 aromatic heterocycles. The van der Waals surface area contributed by atoms with E-state index in [0.717, 1.165) is 0 Å². The summed E-state index contributed by atoms with van der Waals surface area (Å²) in [7, 11) is 0. The second-order valence-corrected chi connectivity index (χ2v) is 5.18. The quantitative estimate of drug-likeness (QED) is 0.574. The fraction of sp³-hybridized carbons (Fsp3) is 0.909. The fourth-order valence-corrected chi connectivity index (χ4v) is 0.854. The topological polar surface area (TPSA) is 0 Å². The first-order chi connectivity index (χ1) is 4.77. The second-order valence-electron chi connectivity index (χ2n) is 5.18. The standard InChI is InChI=1S/C11H23/c1-7-11(5,6)9-8-10(2,3)4/h2,7-9H2,1,3-6H3. The third kappa shape index (κ3) is 6.40. The van der Waals surface area contributed by atoms with Crippen molar-refractivity contribution in [3.05, 3.63) is 6.92 Å². The van der Waals surface area contributed by atoms with Crippen molar-refractivity contribution in [2.75, 3.05) is 0 Å². The molecule has 67 valence electrons. The third-order valence-corrected chi connectivity index (χ3v) is 2.44. The second kappa shape index (κ2) is 3.60. The maximum atomic E-state index is 4.11. The average Bonchev–Trinajstić information content (AvgIpc) is 1.83. The Labute approximate surface area is 72.4 Å². The summed E-state index contributed by atoms with van der Waals surface area (Å²) in [5.74, 6) is 0. The Bertz CT molecular complexity index is 104. The van der Waals surface area contributed by atoms with Gasteiger partial charge in [-0.05, 0) is 30.6 Å². The van der Waals surface area contributed by atoms with E-state index >= 15 is 0 Å². The minimum absolute atomic E-state index is 0.256. The van der Waals surface area contributed by atoms with Gasteiger partial charge in [0.25, 0.3) is 0 Å². The molecule has 0 amide bonds. The molecule has 1 radical (unpaired) electrons. The SMILES string of the molecule is [CH2]C(C)(C)CCC(C)(C)CC. The van der Waals surface area contributed by atoms with Crippen molar-refractivity contribution in [3.8, 4) is 0 Å². The Hall–Kier alpha value is 0. The van der Waals surface area contributed by atoms with E-state index in [0.29, 0.717) is 5.41 Å². The first kappa shape index (κ1) is 11.0. The molecule has 0 heteroatoms. The van der Waals surface area contributed by atoms with Crippen LogP contribution in [0.2, 0.25) is 0 Å². The Balaban J connectivity index is 3.70. The van der Waals surface area contributed by atoms with Gasteiger partial charge in [0.15, 0.2) is 0 Å². The van der Waals surface area contributed by atoms with Gasteiger partial charge in [-0.2, -0.15) is 0 Å². The molecule has 0 spiro atoms. The van der Waals surface area contributed by atoms with E-state index < -0.39 is 0 Å². The molecule has 0 fully saturated rings. The zero-order valence-corrected chi connectivity index (χ0v) is 8.83. The van der Waals surface area contributed by atoms with E-state index in [9.17, 15) is 0 Å². The van der Waals surface area contributed by atoms with Gasteiger partial charge in [0.05, 0.1) is 0 Å². The van der Waals surface area contributed by atoms with Gasteiger partial charge in [-0.1, -0.05) is 41.0 Å². The van der Waals surface area contributed by atoms with Crippen molar-refractivity contribution in [2.24, 2.45) is 10.8 Å². The molecule has 0 rings (SSSR count). The van der Waals surface area contributed by atoms with Crippen molar-refractivity contribution in [2.45, 2.75) is 53.9 Å². The summed E-state index contributed by atoms with van der Waals surface area (Å²) < 4.78 is 0. The Kier molecular flexibility index (Phi) is 3.60. The molecule has 0 aromatic carbocycles. The van der Waals surface area contributed by atoms with E-state index in [1.165, 1.54) is 19.3 Å². The molecule has 0 aliphatic heterocycles. The van der Waals surface area contributed by atoms with Crippen molar-refractivity contribution < 1.29 is 0 Å². The molecule has 0 aliphatic rings. The van der Waals surface area contributed by atoms with Crippen LogP contribution in [-0.4, -0.2) is 0 Å². The van der Waals surface area contributed by atoms with Crippen molar-refractivity contribution in [3.63, 3.8) is 0 Å². The maximum Gasteiger partial charge on any atom is -0.0354 e. The highest BCUT2D eigenvalue weighted by atomic mass is 14.2. The van der Waals surface area contributed by atoms with Crippen LogP contribution in [0.25, 0.3) is 0 Å². The largest absolute Gasteiger partial charge is 0.0649 e. The van der Waals surface area contributed by atoms with E-state index in [1.54, 1.807) is 0 Å². The maximum absolute atomic E-state index is 4.11. The molecule has 0 bridgehead atoms. The van der Waals surface area contributed by atoms with Crippen molar-refractivity contribution >= 4 is 0 Å². The summed E-state index contributed by atoms with van der Waals surface area (Å²) in [6, 6.07) is 0. The summed E-state index contributed by atoms with van der Waals surface area (Å²) in [5.41, 5.74) is 0.765. The fourth-order valence-electron chi connectivity index (χ4n) is 0.854. The van der Waals surface area contributed by atoms with Crippen molar-refractivity contribution in [1.82, 2.24) is 0 Å². The number of hydrogen-bond donors (Lipinski definition) is 0. The lowest BCUT2D eigenvalue weighted by Gasteiger charge is -2.27. The first-order valence-electron chi connectivity index (χ1n) is 4.62. The highest BCUT2D eigenvalue weighted by Gasteiger charge is 2.19. The predicted molar refractivity (Wildman–Crippen MR) is 52.4 cm³/mol. The zero-order valence-electron chi connectivity index (χ0n) is 8.83. The van der Waals surface area contributed by atoms with Crippen LogP contribution in [0.5, 0.6) is 0 Å². The molecule has 11 heavy (non-hydrogen) atoms. The lowest BCUT2D eigenvalue weighted by Crippen LogP contribution is -2.15. The van der Waals surface area contributed by atoms with Gasteiger partial charge in [0, 0.05) is 0 Å². The molecule has 0 nitrogen and oxygen atoms in total. The van der Waals surface area contributed by atoms with E-state index in [4.69, 9.17) is 0 Å². The third-order valence-electron chi connectivity index (χ3n) is 2.44. The van der Waals surface area contributed by atoms with Crippen LogP contribution >= 0.6 is 0 Å². The summed E-state index contributed by atoms with van der Waals surface area (Å²) in [5, 5.41) is 0. The highest BCUT2D eigenvalue weighted by Crippen LogP contribution is 2.32. The molecule has 0 saturated heterocycles. The molecule has 0 atom stereocenters. The lowest BCUT2D eigenvalue weighted by molar-refractivity contribution is 0.264. The van der Waals surface area contributed by atoms with Gasteiger partial charge in [-0.25, -0.2) is 0 Å². The number of rotatable bonds is 4. The normalized spacial score (nSPS) is 13.6. The van der Waals surface area contributed by atoms with Gasteiger partial charge >= 0.3 is 0 Å². The van der Waals surface area contributed by atoms with Crippen molar-refractivity contribution in [1.29, 1.82) is 0 Å². The molecular formula is C11H23.